The van der Waals surface area contributed by atoms with Crippen molar-refractivity contribution in [2.75, 3.05) is 6.54 Å². The van der Waals surface area contributed by atoms with Crippen LogP contribution in [0.5, 0.6) is 0 Å². The Labute approximate surface area is 129 Å². The van der Waals surface area contributed by atoms with Crippen molar-refractivity contribution in [2.45, 2.75) is 0 Å². The van der Waals surface area contributed by atoms with Crippen molar-refractivity contribution in [1.82, 2.24) is 10.3 Å². The van der Waals surface area contributed by atoms with E-state index in [1.54, 1.807) is 24.3 Å². The van der Waals surface area contributed by atoms with Gasteiger partial charge < -0.3 is 9.62 Å². The van der Waals surface area contributed by atoms with Crippen molar-refractivity contribution in [1.29, 1.82) is 0 Å². The molecule has 1 aromatic heterocycles. The molecule has 2 aromatic rings. The molecule has 9 heteroatoms. The lowest BCUT2D eigenvalue weighted by atomic mass is 10.1. The average molecular weight is 316 g/mol. The van der Waals surface area contributed by atoms with Gasteiger partial charge in [-0.25, -0.2) is 15.0 Å². The van der Waals surface area contributed by atoms with Gasteiger partial charge in [0.2, 0.25) is 5.91 Å². The van der Waals surface area contributed by atoms with E-state index >= 15 is 0 Å². The number of rotatable bonds is 4. The van der Waals surface area contributed by atoms with Gasteiger partial charge in [-0.2, -0.15) is 10.3 Å². The number of hydrogen-bond acceptors (Lipinski definition) is 6. The van der Waals surface area contributed by atoms with Crippen LogP contribution in [0.2, 0.25) is 0 Å². The molecule has 1 aromatic carbocycles. The van der Waals surface area contributed by atoms with Gasteiger partial charge in [-0.1, -0.05) is 0 Å². The Morgan fingerprint density at radius 1 is 1.26 bits per heavy atom. The highest BCUT2D eigenvalue weighted by atomic mass is 16.8. The lowest BCUT2D eigenvalue weighted by molar-refractivity contribution is -0.991. The summed E-state index contributed by atoms with van der Waals surface area (Å²) in [4.78, 5) is 22.3. The fourth-order valence-corrected chi connectivity index (χ4v) is 2.01. The lowest BCUT2D eigenvalue weighted by Gasteiger charge is -2.11. The number of carbonyl (C=O) groups excluding carboxylic acids is 2. The minimum Gasteiger partial charge on any atom is -0.595 e. The van der Waals surface area contributed by atoms with E-state index in [0.717, 1.165) is 5.01 Å². The fourth-order valence-electron chi connectivity index (χ4n) is 2.01. The van der Waals surface area contributed by atoms with E-state index in [1.165, 1.54) is 18.3 Å². The summed E-state index contributed by atoms with van der Waals surface area (Å²) in [6, 6.07) is 9.00. The number of amides is 3. The van der Waals surface area contributed by atoms with E-state index in [1.807, 2.05) is 0 Å². The van der Waals surface area contributed by atoms with Crippen LogP contribution in [-0.2, 0) is 4.79 Å². The lowest BCUT2D eigenvalue weighted by Crippen LogP contribution is -2.99. The summed E-state index contributed by atoms with van der Waals surface area (Å²) in [5, 5.41) is 25.6. The number of nitrogens with zero attached hydrogens (tertiary/aromatic N) is 2. The maximum Gasteiger partial charge on any atom is 0.344 e. The predicted octanol–water partition coefficient (Wildman–Crippen LogP) is 0.236. The Balaban J connectivity index is 1.73. The molecule has 2 heterocycles. The number of benzene rings is 1. The molecule has 1 aliphatic rings. The Bertz CT molecular complexity index is 766. The van der Waals surface area contributed by atoms with Gasteiger partial charge in [0, 0.05) is 17.7 Å². The molecule has 1 aliphatic heterocycles. The molecule has 3 amide bonds. The average Bonchev–Trinajstić information content (AvgIpc) is 3.11. The van der Waals surface area contributed by atoms with Gasteiger partial charge in [0.15, 0.2) is 5.69 Å². The minimum atomic E-state index is -0.998. The maximum absolute atomic E-state index is 11.3. The van der Waals surface area contributed by atoms with E-state index in [2.05, 4.69) is 10.4 Å². The number of nitrogens with one attached hydrogen (secondary N) is 2. The van der Waals surface area contributed by atoms with Gasteiger partial charge in [-0.3, -0.25) is 10.1 Å². The first-order chi connectivity index (χ1) is 11.0. The van der Waals surface area contributed by atoms with E-state index < -0.39 is 17.2 Å². The smallest absolute Gasteiger partial charge is 0.344 e. The predicted molar refractivity (Wildman–Crippen MR) is 77.8 cm³/mol. The number of imide groups is 1. The summed E-state index contributed by atoms with van der Waals surface area (Å²) in [5.41, 5.74) is 0.899. The number of carbonyl (C=O) groups is 2. The van der Waals surface area contributed by atoms with Crippen LogP contribution >= 0.6 is 0 Å². The molecule has 0 radical (unpaired) electrons. The van der Waals surface area contributed by atoms with Gasteiger partial charge in [-0.05, 0) is 24.3 Å². The minimum absolute atomic E-state index is 0.125. The van der Waals surface area contributed by atoms with Gasteiger partial charge >= 0.3 is 6.03 Å². The Morgan fingerprint density at radius 2 is 2.00 bits per heavy atom. The normalized spacial score (nSPS) is 16.2. The summed E-state index contributed by atoms with van der Waals surface area (Å²) < 4.78 is 5.55. The molecule has 1 atom stereocenters. The second-order valence-electron chi connectivity index (χ2n) is 4.74. The van der Waals surface area contributed by atoms with Gasteiger partial charge in [0.1, 0.15) is 18.1 Å². The summed E-state index contributed by atoms with van der Waals surface area (Å²) in [6.45, 7) is -0.125. The quantitative estimate of drug-likeness (QED) is 0.423. The first-order valence-electron chi connectivity index (χ1n) is 6.62. The molecule has 1 fully saturated rings. The first kappa shape index (κ1) is 14.9. The Morgan fingerprint density at radius 3 is 2.61 bits per heavy atom. The van der Waals surface area contributed by atoms with Crippen LogP contribution in [-0.4, -0.2) is 34.9 Å². The highest BCUT2D eigenvalue weighted by Gasteiger charge is 2.26. The fraction of sp³-hybridized carbons (Fsp3) is 0.0714. The van der Waals surface area contributed by atoms with Crippen molar-refractivity contribution >= 4 is 23.8 Å². The zero-order valence-electron chi connectivity index (χ0n) is 11.7. The van der Waals surface area contributed by atoms with Crippen molar-refractivity contribution in [2.24, 2.45) is 5.10 Å². The number of urea groups is 1. The van der Waals surface area contributed by atoms with Crippen LogP contribution in [0.25, 0.3) is 11.3 Å². The summed E-state index contributed by atoms with van der Waals surface area (Å²) in [7, 11) is 0. The molecule has 1 saturated heterocycles. The van der Waals surface area contributed by atoms with Gasteiger partial charge in [0.25, 0.3) is 0 Å². The van der Waals surface area contributed by atoms with Crippen LogP contribution in [0.4, 0.5) is 10.5 Å². The van der Waals surface area contributed by atoms with Crippen LogP contribution in [0.15, 0.2) is 45.9 Å². The van der Waals surface area contributed by atoms with Crippen molar-refractivity contribution in [3.63, 3.8) is 0 Å². The molecule has 0 aliphatic carbocycles. The first-order valence-corrected chi connectivity index (χ1v) is 6.62. The molecule has 118 valence electrons. The van der Waals surface area contributed by atoms with Crippen LogP contribution in [0.3, 0.4) is 0 Å². The van der Waals surface area contributed by atoms with E-state index in [9.17, 15) is 14.8 Å². The maximum atomic E-state index is 11.3. The zero-order chi connectivity index (χ0) is 16.4. The molecule has 0 bridgehead atoms. The largest absolute Gasteiger partial charge is 0.595 e. The molecule has 0 spiro atoms. The Hall–Kier alpha value is -3.01. The second kappa shape index (κ2) is 6.01. The van der Waals surface area contributed by atoms with Crippen molar-refractivity contribution in [3.8, 4) is 11.3 Å². The third-order valence-electron chi connectivity index (χ3n) is 3.14. The molecule has 1 unspecified atom stereocenters. The van der Waals surface area contributed by atoms with Crippen LogP contribution < -0.4 is 10.5 Å². The third kappa shape index (κ3) is 3.26. The molecular weight excluding hydrogens is 304 g/mol. The standard InChI is InChI=1S/C14H12N4O5/c19-13-8-17(14(20)16-13)15-7-11-5-6-12(23-11)9-1-3-10(4-2-9)18(21)22/h1-7,18,21H,8H2,(H,16,19,20). The summed E-state index contributed by atoms with van der Waals surface area (Å²) >= 11 is 0. The monoisotopic (exact) mass is 316 g/mol. The van der Waals surface area contributed by atoms with Crippen LogP contribution in [0.1, 0.15) is 5.76 Å². The molecule has 3 rings (SSSR count). The molecular formula is C14H12N4O5. The van der Waals surface area contributed by atoms with Crippen molar-refractivity contribution < 1.29 is 24.4 Å². The number of furan rings is 1. The SMILES string of the molecule is O=C1CN(N=Cc2ccc(-c3ccc([NH+]([O-])O)cc3)o2)C(=O)N1. The number of hydrazone groups is 1. The molecule has 9 nitrogen and oxygen atoms in total. The van der Waals surface area contributed by atoms with E-state index in [0.29, 0.717) is 17.1 Å². The van der Waals surface area contributed by atoms with Crippen molar-refractivity contribution in [3.05, 3.63) is 47.4 Å². The second-order valence-corrected chi connectivity index (χ2v) is 4.74. The van der Waals surface area contributed by atoms with E-state index in [4.69, 9.17) is 9.62 Å². The summed E-state index contributed by atoms with van der Waals surface area (Å²) in [5.74, 6) is 0.519. The topological polar surface area (TPSA) is 123 Å². The summed E-state index contributed by atoms with van der Waals surface area (Å²) in [6.07, 6.45) is 1.33. The molecule has 3 N–H and O–H groups in total. The highest BCUT2D eigenvalue weighted by molar-refractivity contribution is 6.02. The Kier molecular flexibility index (Phi) is 3.89. The van der Waals surface area contributed by atoms with Gasteiger partial charge in [0.05, 0.1) is 6.21 Å². The number of hydrogen-bond donors (Lipinski definition) is 3. The number of quaternary nitrogens is 1. The molecule has 0 saturated carbocycles. The third-order valence-corrected chi connectivity index (χ3v) is 3.14. The molecule has 23 heavy (non-hydrogen) atoms. The van der Waals surface area contributed by atoms with Crippen LogP contribution in [0, 0.1) is 5.21 Å². The van der Waals surface area contributed by atoms with Gasteiger partial charge in [-0.15, -0.1) is 0 Å². The highest BCUT2D eigenvalue weighted by Crippen LogP contribution is 2.22. The van der Waals surface area contributed by atoms with E-state index in [-0.39, 0.29) is 12.2 Å². The zero-order valence-corrected chi connectivity index (χ0v) is 11.7.